The molecule has 0 saturated heterocycles. The van der Waals surface area contributed by atoms with Crippen LogP contribution in [0.5, 0.6) is 11.5 Å². The van der Waals surface area contributed by atoms with E-state index in [1.165, 1.54) is 0 Å². The fourth-order valence-electron chi connectivity index (χ4n) is 1.16. The molecule has 0 atom stereocenters. The van der Waals surface area contributed by atoms with Crippen LogP contribution in [0.15, 0.2) is 23.2 Å². The molecule has 5 nitrogen and oxygen atoms in total. The van der Waals surface area contributed by atoms with E-state index in [9.17, 15) is 0 Å². The summed E-state index contributed by atoms with van der Waals surface area (Å²) >= 11 is 0. The first-order valence-electron chi connectivity index (χ1n) is 4.43. The Hall–Kier alpha value is -1.62. The summed E-state index contributed by atoms with van der Waals surface area (Å²) in [5.41, 5.74) is 11.4. The van der Waals surface area contributed by atoms with E-state index in [2.05, 4.69) is 4.99 Å². The van der Waals surface area contributed by atoms with E-state index in [-0.39, 0.29) is 18.4 Å². The van der Waals surface area contributed by atoms with Crippen molar-refractivity contribution in [2.24, 2.45) is 16.5 Å². The molecule has 1 aromatic rings. The zero-order valence-corrected chi connectivity index (χ0v) is 10.1. The average Bonchev–Trinajstić information content (AvgIpc) is 2.25. The molecule has 4 N–H and O–H groups in total. The second-order valence-electron chi connectivity index (χ2n) is 2.93. The normalized spacial score (nSPS) is 8.88. The second kappa shape index (κ2) is 6.79. The molecule has 0 spiro atoms. The van der Waals surface area contributed by atoms with Crippen LogP contribution < -0.4 is 20.9 Å². The molecular weight excluding hydrogens is 230 g/mol. The van der Waals surface area contributed by atoms with E-state index in [1.807, 2.05) is 18.2 Å². The Bertz CT molecular complexity index is 365. The highest BCUT2D eigenvalue weighted by Gasteiger charge is 2.03. The van der Waals surface area contributed by atoms with Gasteiger partial charge in [0.25, 0.3) is 0 Å². The number of methoxy groups -OCH3 is 2. The van der Waals surface area contributed by atoms with Crippen LogP contribution in [-0.4, -0.2) is 20.2 Å². The van der Waals surface area contributed by atoms with Crippen molar-refractivity contribution in [2.75, 3.05) is 14.2 Å². The number of ether oxygens (including phenoxy) is 2. The fourth-order valence-corrected chi connectivity index (χ4v) is 1.16. The van der Waals surface area contributed by atoms with E-state index < -0.39 is 0 Å². The fraction of sp³-hybridized carbons (Fsp3) is 0.300. The number of nitrogens with zero attached hydrogens (tertiary/aromatic N) is 1. The summed E-state index contributed by atoms with van der Waals surface area (Å²) in [5.74, 6) is 1.43. The van der Waals surface area contributed by atoms with Gasteiger partial charge in [-0.15, -0.1) is 12.4 Å². The maximum absolute atomic E-state index is 5.24. The molecule has 0 aliphatic heterocycles. The van der Waals surface area contributed by atoms with Crippen LogP contribution in [0, 0.1) is 0 Å². The van der Waals surface area contributed by atoms with Gasteiger partial charge in [0.1, 0.15) is 0 Å². The number of halogens is 1. The molecular formula is C10H16ClN3O2. The lowest BCUT2D eigenvalue weighted by atomic mass is 10.2. The largest absolute Gasteiger partial charge is 0.493 e. The lowest BCUT2D eigenvalue weighted by Gasteiger charge is -2.08. The monoisotopic (exact) mass is 245 g/mol. The number of benzene rings is 1. The summed E-state index contributed by atoms with van der Waals surface area (Å²) in [6.45, 7) is 0.433. The van der Waals surface area contributed by atoms with Crippen molar-refractivity contribution in [3.8, 4) is 11.5 Å². The Morgan fingerprint density at radius 2 is 1.81 bits per heavy atom. The maximum atomic E-state index is 5.24. The van der Waals surface area contributed by atoms with Gasteiger partial charge in [0, 0.05) is 0 Å². The van der Waals surface area contributed by atoms with Gasteiger partial charge in [-0.05, 0) is 17.7 Å². The molecule has 1 aromatic carbocycles. The molecule has 0 saturated carbocycles. The highest BCUT2D eigenvalue weighted by atomic mass is 35.5. The highest BCUT2D eigenvalue weighted by Crippen LogP contribution is 2.27. The highest BCUT2D eigenvalue weighted by molar-refractivity contribution is 5.85. The Kier molecular flexibility index (Phi) is 6.10. The molecule has 0 aromatic heterocycles. The molecule has 6 heteroatoms. The first kappa shape index (κ1) is 14.4. The van der Waals surface area contributed by atoms with Gasteiger partial charge in [0.05, 0.1) is 20.8 Å². The van der Waals surface area contributed by atoms with Gasteiger partial charge in [-0.1, -0.05) is 6.07 Å². The quantitative estimate of drug-likeness (QED) is 0.610. The molecule has 0 radical (unpaired) electrons. The molecule has 0 aliphatic carbocycles. The SMILES string of the molecule is COc1ccc(CN=C(N)N)cc1OC.Cl. The predicted molar refractivity (Wildman–Crippen MR) is 66.3 cm³/mol. The van der Waals surface area contributed by atoms with E-state index in [0.29, 0.717) is 18.0 Å². The minimum atomic E-state index is 0. The molecule has 0 bridgehead atoms. The zero-order chi connectivity index (χ0) is 11.3. The van der Waals surface area contributed by atoms with Crippen LogP contribution in [0.25, 0.3) is 0 Å². The predicted octanol–water partition coefficient (Wildman–Crippen LogP) is 0.899. The summed E-state index contributed by atoms with van der Waals surface area (Å²) in [6, 6.07) is 5.54. The Balaban J connectivity index is 0.00000225. The molecule has 90 valence electrons. The average molecular weight is 246 g/mol. The van der Waals surface area contributed by atoms with Crippen LogP contribution in [0.3, 0.4) is 0 Å². The van der Waals surface area contributed by atoms with Crippen molar-refractivity contribution in [1.82, 2.24) is 0 Å². The standard InChI is InChI=1S/C10H15N3O2.ClH/c1-14-8-4-3-7(5-9(8)15-2)6-13-10(11)12;/h3-5H,6H2,1-2H3,(H4,11,12,13);1H. The Labute approximate surface area is 101 Å². The lowest BCUT2D eigenvalue weighted by molar-refractivity contribution is 0.354. The number of rotatable bonds is 4. The van der Waals surface area contributed by atoms with Crippen LogP contribution in [0.4, 0.5) is 0 Å². The van der Waals surface area contributed by atoms with Crippen molar-refractivity contribution in [2.45, 2.75) is 6.54 Å². The summed E-state index contributed by atoms with van der Waals surface area (Å²) in [4.78, 5) is 3.90. The minimum absolute atomic E-state index is 0. The van der Waals surface area contributed by atoms with Crippen LogP contribution in [-0.2, 0) is 6.54 Å². The molecule has 0 heterocycles. The van der Waals surface area contributed by atoms with Gasteiger partial charge in [-0.25, -0.2) is 4.99 Å². The summed E-state index contributed by atoms with van der Waals surface area (Å²) in [5, 5.41) is 0. The number of hydrogen-bond donors (Lipinski definition) is 2. The number of nitrogens with two attached hydrogens (primary N) is 2. The summed E-state index contributed by atoms with van der Waals surface area (Å²) in [7, 11) is 3.18. The Morgan fingerprint density at radius 1 is 1.19 bits per heavy atom. The topological polar surface area (TPSA) is 82.9 Å². The zero-order valence-electron chi connectivity index (χ0n) is 9.27. The molecule has 0 unspecified atom stereocenters. The summed E-state index contributed by atoms with van der Waals surface area (Å²) in [6.07, 6.45) is 0. The van der Waals surface area contributed by atoms with Gasteiger partial charge >= 0.3 is 0 Å². The van der Waals surface area contributed by atoms with Gasteiger partial charge in [0.15, 0.2) is 17.5 Å². The first-order valence-corrected chi connectivity index (χ1v) is 4.43. The van der Waals surface area contributed by atoms with Crippen molar-refractivity contribution in [1.29, 1.82) is 0 Å². The molecule has 0 aliphatic rings. The molecule has 0 amide bonds. The van der Waals surface area contributed by atoms with E-state index in [1.54, 1.807) is 14.2 Å². The minimum Gasteiger partial charge on any atom is -0.493 e. The molecule has 16 heavy (non-hydrogen) atoms. The van der Waals surface area contributed by atoms with Crippen molar-refractivity contribution >= 4 is 18.4 Å². The van der Waals surface area contributed by atoms with Crippen molar-refractivity contribution in [3.05, 3.63) is 23.8 Å². The van der Waals surface area contributed by atoms with E-state index >= 15 is 0 Å². The van der Waals surface area contributed by atoms with Crippen LogP contribution in [0.1, 0.15) is 5.56 Å². The summed E-state index contributed by atoms with van der Waals surface area (Å²) < 4.78 is 10.3. The van der Waals surface area contributed by atoms with E-state index in [4.69, 9.17) is 20.9 Å². The third kappa shape index (κ3) is 3.86. The van der Waals surface area contributed by atoms with Gasteiger partial charge in [-0.3, -0.25) is 0 Å². The molecule has 1 rings (SSSR count). The van der Waals surface area contributed by atoms with Crippen LogP contribution >= 0.6 is 12.4 Å². The molecule has 0 fully saturated rings. The smallest absolute Gasteiger partial charge is 0.186 e. The maximum Gasteiger partial charge on any atom is 0.186 e. The lowest BCUT2D eigenvalue weighted by Crippen LogP contribution is -2.22. The van der Waals surface area contributed by atoms with Gasteiger partial charge in [0.2, 0.25) is 0 Å². The first-order chi connectivity index (χ1) is 7.17. The number of hydrogen-bond acceptors (Lipinski definition) is 3. The third-order valence-electron chi connectivity index (χ3n) is 1.89. The van der Waals surface area contributed by atoms with Crippen molar-refractivity contribution in [3.63, 3.8) is 0 Å². The van der Waals surface area contributed by atoms with Crippen molar-refractivity contribution < 1.29 is 9.47 Å². The van der Waals surface area contributed by atoms with E-state index in [0.717, 1.165) is 5.56 Å². The van der Waals surface area contributed by atoms with Gasteiger partial charge < -0.3 is 20.9 Å². The van der Waals surface area contributed by atoms with Crippen LogP contribution in [0.2, 0.25) is 0 Å². The van der Waals surface area contributed by atoms with Gasteiger partial charge in [-0.2, -0.15) is 0 Å². The Morgan fingerprint density at radius 3 is 2.31 bits per heavy atom. The second-order valence-corrected chi connectivity index (χ2v) is 2.93. The third-order valence-corrected chi connectivity index (χ3v) is 1.89. The number of guanidine groups is 1. The number of aliphatic imine (C=N–C) groups is 1.